The molecule has 0 saturated heterocycles. The molecule has 0 saturated carbocycles. The Bertz CT molecular complexity index is 1040. The summed E-state index contributed by atoms with van der Waals surface area (Å²) in [5.41, 5.74) is 4.91. The van der Waals surface area contributed by atoms with Crippen LogP contribution in [0.25, 0.3) is 0 Å². The van der Waals surface area contributed by atoms with E-state index in [1.807, 2.05) is 18.2 Å². The standard InChI is InChI=1S/C20H14BrFN2O2/c1-11-16(21)4-5-17(22)18(11)20(25)24-14-3-2-12-9-23-19(15(12)8-14)13-6-7-26-10-13/h2-8,10H,9H2,1H3,(H,24,25). The molecule has 0 bridgehead atoms. The lowest BCUT2D eigenvalue weighted by atomic mass is 10.0. The van der Waals surface area contributed by atoms with Crippen molar-refractivity contribution in [2.45, 2.75) is 13.5 Å². The van der Waals surface area contributed by atoms with Crippen molar-refractivity contribution in [2.75, 3.05) is 5.32 Å². The first-order valence-corrected chi connectivity index (χ1v) is 8.80. The Morgan fingerprint density at radius 1 is 1.27 bits per heavy atom. The van der Waals surface area contributed by atoms with Gasteiger partial charge < -0.3 is 9.73 Å². The van der Waals surface area contributed by atoms with Gasteiger partial charge in [-0.05, 0) is 48.4 Å². The van der Waals surface area contributed by atoms with Crippen molar-refractivity contribution in [1.82, 2.24) is 0 Å². The van der Waals surface area contributed by atoms with Crippen molar-refractivity contribution in [2.24, 2.45) is 4.99 Å². The van der Waals surface area contributed by atoms with E-state index in [4.69, 9.17) is 4.42 Å². The van der Waals surface area contributed by atoms with Crippen LogP contribution in [0.4, 0.5) is 10.1 Å². The highest BCUT2D eigenvalue weighted by atomic mass is 79.9. The number of aliphatic imine (C=N–C) groups is 1. The number of furan rings is 1. The molecule has 3 aromatic rings. The lowest BCUT2D eigenvalue weighted by Crippen LogP contribution is -2.16. The molecule has 2 heterocycles. The van der Waals surface area contributed by atoms with Crippen molar-refractivity contribution >= 4 is 33.2 Å². The number of carbonyl (C=O) groups is 1. The summed E-state index contributed by atoms with van der Waals surface area (Å²) in [4.78, 5) is 17.1. The fraction of sp³-hybridized carbons (Fsp3) is 0.100. The third-order valence-corrected chi connectivity index (χ3v) is 5.26. The Morgan fingerprint density at radius 3 is 2.88 bits per heavy atom. The second kappa shape index (κ2) is 6.53. The van der Waals surface area contributed by atoms with Gasteiger partial charge in [0, 0.05) is 21.3 Å². The fourth-order valence-electron chi connectivity index (χ4n) is 3.03. The molecule has 0 unspecified atom stereocenters. The molecule has 130 valence electrons. The van der Waals surface area contributed by atoms with Gasteiger partial charge in [-0.2, -0.15) is 0 Å². The highest BCUT2D eigenvalue weighted by molar-refractivity contribution is 9.10. The van der Waals surface area contributed by atoms with Gasteiger partial charge in [-0.3, -0.25) is 9.79 Å². The van der Waals surface area contributed by atoms with E-state index in [1.165, 1.54) is 6.07 Å². The minimum atomic E-state index is -0.551. The average Bonchev–Trinajstić information content (AvgIpc) is 3.27. The van der Waals surface area contributed by atoms with Gasteiger partial charge >= 0.3 is 0 Å². The fourth-order valence-corrected chi connectivity index (χ4v) is 3.36. The van der Waals surface area contributed by atoms with Crippen LogP contribution in [0.1, 0.15) is 32.6 Å². The molecule has 26 heavy (non-hydrogen) atoms. The number of nitrogens with zero attached hydrogens (tertiary/aromatic N) is 1. The normalized spacial score (nSPS) is 12.7. The van der Waals surface area contributed by atoms with Crippen LogP contribution < -0.4 is 5.32 Å². The van der Waals surface area contributed by atoms with E-state index >= 15 is 0 Å². The third kappa shape index (κ3) is 2.86. The predicted molar refractivity (Wildman–Crippen MR) is 101 cm³/mol. The Morgan fingerprint density at radius 2 is 2.12 bits per heavy atom. The largest absolute Gasteiger partial charge is 0.472 e. The molecule has 1 N–H and O–H groups in total. The number of nitrogens with one attached hydrogen (secondary N) is 1. The molecular formula is C20H14BrFN2O2. The van der Waals surface area contributed by atoms with Gasteiger partial charge in [0.2, 0.25) is 0 Å². The number of fused-ring (bicyclic) bond motifs is 1. The van der Waals surface area contributed by atoms with Crippen molar-refractivity contribution < 1.29 is 13.6 Å². The molecular weight excluding hydrogens is 399 g/mol. The van der Waals surface area contributed by atoms with Crippen LogP contribution in [0.15, 0.2) is 62.8 Å². The van der Waals surface area contributed by atoms with E-state index in [0.717, 1.165) is 22.4 Å². The molecule has 0 atom stereocenters. The quantitative estimate of drug-likeness (QED) is 0.650. The number of rotatable bonds is 3. The number of anilines is 1. The zero-order chi connectivity index (χ0) is 18.3. The Balaban J connectivity index is 1.65. The van der Waals surface area contributed by atoms with Gasteiger partial charge in [0.15, 0.2) is 0 Å². The summed E-state index contributed by atoms with van der Waals surface area (Å²) in [6.45, 7) is 2.29. The lowest BCUT2D eigenvalue weighted by molar-refractivity contribution is 0.102. The molecule has 0 fully saturated rings. The first-order valence-electron chi connectivity index (χ1n) is 8.01. The minimum absolute atomic E-state index is 0.0311. The zero-order valence-corrected chi connectivity index (χ0v) is 15.4. The summed E-state index contributed by atoms with van der Waals surface area (Å²) in [5, 5.41) is 2.78. The van der Waals surface area contributed by atoms with Crippen molar-refractivity contribution in [3.8, 4) is 0 Å². The summed E-state index contributed by atoms with van der Waals surface area (Å²) in [5.74, 6) is -1.04. The van der Waals surface area contributed by atoms with Crippen LogP contribution in [0.3, 0.4) is 0 Å². The number of carbonyl (C=O) groups excluding carboxylic acids is 1. The molecule has 4 nitrogen and oxygen atoms in total. The van der Waals surface area contributed by atoms with Gasteiger partial charge in [-0.1, -0.05) is 22.0 Å². The Hall–Kier alpha value is -2.73. The summed E-state index contributed by atoms with van der Waals surface area (Å²) in [6.07, 6.45) is 3.24. The van der Waals surface area contributed by atoms with Crippen LogP contribution in [0, 0.1) is 12.7 Å². The van der Waals surface area contributed by atoms with Crippen molar-refractivity contribution in [3.05, 3.63) is 87.0 Å². The molecule has 2 aromatic carbocycles. The van der Waals surface area contributed by atoms with Gasteiger partial charge in [0.25, 0.3) is 5.91 Å². The first-order chi connectivity index (χ1) is 12.5. The summed E-state index contributed by atoms with van der Waals surface area (Å²) in [7, 11) is 0. The molecule has 1 aromatic heterocycles. The van der Waals surface area contributed by atoms with E-state index in [2.05, 4.69) is 26.2 Å². The first kappa shape index (κ1) is 16.7. The number of hydrogen-bond acceptors (Lipinski definition) is 3. The van der Waals surface area contributed by atoms with E-state index in [-0.39, 0.29) is 5.56 Å². The van der Waals surface area contributed by atoms with E-state index in [0.29, 0.717) is 22.3 Å². The van der Waals surface area contributed by atoms with Gasteiger partial charge in [0.05, 0.1) is 30.3 Å². The van der Waals surface area contributed by atoms with Crippen LogP contribution in [-0.2, 0) is 6.54 Å². The molecule has 1 aliphatic rings. The molecule has 0 spiro atoms. The third-order valence-electron chi connectivity index (χ3n) is 4.40. The van der Waals surface area contributed by atoms with Crippen LogP contribution in [0.2, 0.25) is 0 Å². The summed E-state index contributed by atoms with van der Waals surface area (Å²) in [6, 6.07) is 10.3. The maximum Gasteiger partial charge on any atom is 0.258 e. The number of benzene rings is 2. The number of hydrogen-bond donors (Lipinski definition) is 1. The molecule has 1 aliphatic heterocycles. The second-order valence-corrected chi connectivity index (χ2v) is 6.89. The molecule has 4 rings (SSSR count). The predicted octanol–water partition coefficient (Wildman–Crippen LogP) is 5.09. The summed E-state index contributed by atoms with van der Waals surface area (Å²) >= 11 is 3.33. The average molecular weight is 413 g/mol. The molecule has 1 amide bonds. The monoisotopic (exact) mass is 412 g/mol. The minimum Gasteiger partial charge on any atom is -0.472 e. The second-order valence-electron chi connectivity index (χ2n) is 6.03. The maximum absolute atomic E-state index is 14.1. The van der Waals surface area contributed by atoms with E-state index in [1.54, 1.807) is 31.6 Å². The highest BCUT2D eigenvalue weighted by Gasteiger charge is 2.21. The Labute approximate surface area is 157 Å². The number of halogens is 2. The van der Waals surface area contributed by atoms with Gasteiger partial charge in [-0.25, -0.2) is 4.39 Å². The topological polar surface area (TPSA) is 54.6 Å². The van der Waals surface area contributed by atoms with E-state index < -0.39 is 11.7 Å². The van der Waals surface area contributed by atoms with Crippen molar-refractivity contribution in [1.29, 1.82) is 0 Å². The lowest BCUT2D eigenvalue weighted by Gasteiger charge is -2.11. The Kier molecular flexibility index (Phi) is 4.20. The molecule has 0 aliphatic carbocycles. The van der Waals surface area contributed by atoms with Crippen LogP contribution in [-0.4, -0.2) is 11.6 Å². The van der Waals surface area contributed by atoms with Crippen LogP contribution in [0.5, 0.6) is 0 Å². The molecule has 0 radical (unpaired) electrons. The summed E-state index contributed by atoms with van der Waals surface area (Å²) < 4.78 is 20.0. The molecule has 6 heteroatoms. The van der Waals surface area contributed by atoms with E-state index in [9.17, 15) is 9.18 Å². The smallest absolute Gasteiger partial charge is 0.258 e. The van der Waals surface area contributed by atoms with Crippen molar-refractivity contribution in [3.63, 3.8) is 0 Å². The SMILES string of the molecule is Cc1c(Br)ccc(F)c1C(=O)Nc1ccc2c(c1)C(c1ccoc1)=NC2. The maximum atomic E-state index is 14.1. The highest BCUT2D eigenvalue weighted by Crippen LogP contribution is 2.28. The van der Waals surface area contributed by atoms with Gasteiger partial charge in [-0.15, -0.1) is 0 Å². The van der Waals surface area contributed by atoms with Gasteiger partial charge in [0.1, 0.15) is 5.82 Å². The number of amides is 1. The zero-order valence-electron chi connectivity index (χ0n) is 13.8. The van der Waals surface area contributed by atoms with Crippen LogP contribution >= 0.6 is 15.9 Å².